The van der Waals surface area contributed by atoms with E-state index in [-0.39, 0.29) is 12.6 Å². The fraction of sp³-hybridized carbons (Fsp3) is 0.571. The number of carbonyl (C=O) groups is 1. The Morgan fingerprint density at radius 3 is 2.85 bits per heavy atom. The molecule has 0 saturated carbocycles. The fourth-order valence-corrected chi connectivity index (χ4v) is 1.81. The van der Waals surface area contributed by atoms with Crippen molar-refractivity contribution in [2.24, 2.45) is 0 Å². The van der Waals surface area contributed by atoms with Gasteiger partial charge in [0.05, 0.1) is 7.11 Å². The average Bonchev–Trinajstić information content (AvgIpc) is 2.49. The standard InChI is InChI=1S/C14H23N3O3/c1-17(12-8-7-10-15-13(12)20-2)14(19)16-9-5-3-4-6-11-18/h7-8,10,18H,3-6,9,11H2,1-2H3,(H,16,19). The van der Waals surface area contributed by atoms with Gasteiger partial charge in [0.25, 0.3) is 0 Å². The van der Waals surface area contributed by atoms with Gasteiger partial charge in [0, 0.05) is 26.4 Å². The number of aliphatic hydroxyl groups excluding tert-OH is 1. The summed E-state index contributed by atoms with van der Waals surface area (Å²) in [7, 11) is 3.21. The van der Waals surface area contributed by atoms with Crippen molar-refractivity contribution in [2.45, 2.75) is 25.7 Å². The maximum atomic E-state index is 12.0. The number of aliphatic hydroxyl groups is 1. The van der Waals surface area contributed by atoms with E-state index in [9.17, 15) is 4.79 Å². The number of aromatic nitrogens is 1. The molecule has 0 saturated heterocycles. The van der Waals surface area contributed by atoms with Crippen LogP contribution in [0.15, 0.2) is 18.3 Å². The number of hydrogen-bond acceptors (Lipinski definition) is 4. The van der Waals surface area contributed by atoms with Crippen LogP contribution in [0, 0.1) is 0 Å². The van der Waals surface area contributed by atoms with Crippen LogP contribution in [0.25, 0.3) is 0 Å². The van der Waals surface area contributed by atoms with Gasteiger partial charge in [-0.3, -0.25) is 4.90 Å². The van der Waals surface area contributed by atoms with Gasteiger partial charge >= 0.3 is 6.03 Å². The Bertz CT molecular complexity index is 412. The topological polar surface area (TPSA) is 74.7 Å². The highest BCUT2D eigenvalue weighted by atomic mass is 16.5. The van der Waals surface area contributed by atoms with Gasteiger partial charge in [-0.05, 0) is 25.0 Å². The summed E-state index contributed by atoms with van der Waals surface area (Å²) in [5, 5.41) is 11.5. The molecule has 2 amide bonds. The van der Waals surface area contributed by atoms with Crippen molar-refractivity contribution >= 4 is 11.7 Å². The number of methoxy groups -OCH3 is 1. The number of nitrogens with zero attached hydrogens (tertiary/aromatic N) is 2. The van der Waals surface area contributed by atoms with Crippen LogP contribution in [0.1, 0.15) is 25.7 Å². The SMILES string of the molecule is COc1ncccc1N(C)C(=O)NCCCCCCO. The molecular weight excluding hydrogens is 258 g/mol. The molecule has 6 nitrogen and oxygen atoms in total. The summed E-state index contributed by atoms with van der Waals surface area (Å²) in [4.78, 5) is 17.5. The lowest BCUT2D eigenvalue weighted by molar-refractivity contribution is 0.246. The molecule has 20 heavy (non-hydrogen) atoms. The van der Waals surface area contributed by atoms with E-state index in [4.69, 9.17) is 9.84 Å². The maximum absolute atomic E-state index is 12.0. The first kappa shape index (κ1) is 16.2. The normalized spacial score (nSPS) is 10.2. The van der Waals surface area contributed by atoms with Gasteiger partial charge < -0.3 is 15.2 Å². The Morgan fingerprint density at radius 2 is 2.15 bits per heavy atom. The van der Waals surface area contributed by atoms with Crippen LogP contribution >= 0.6 is 0 Å². The Kier molecular flexibility index (Phi) is 7.42. The molecular formula is C14H23N3O3. The molecule has 0 radical (unpaired) electrons. The number of anilines is 1. The van der Waals surface area contributed by atoms with Gasteiger partial charge in [-0.2, -0.15) is 0 Å². The Labute approximate surface area is 119 Å². The summed E-state index contributed by atoms with van der Waals surface area (Å²) in [6.07, 6.45) is 5.33. The molecule has 1 heterocycles. The number of ether oxygens (including phenoxy) is 1. The maximum Gasteiger partial charge on any atom is 0.321 e. The van der Waals surface area contributed by atoms with Gasteiger partial charge in [0.15, 0.2) is 0 Å². The van der Waals surface area contributed by atoms with Crippen LogP contribution in [0.4, 0.5) is 10.5 Å². The number of unbranched alkanes of at least 4 members (excludes halogenated alkanes) is 3. The summed E-state index contributed by atoms with van der Waals surface area (Å²) in [6, 6.07) is 3.36. The Balaban J connectivity index is 2.39. The molecule has 1 aromatic rings. The number of hydrogen-bond donors (Lipinski definition) is 2. The van der Waals surface area contributed by atoms with Gasteiger partial charge in [-0.25, -0.2) is 9.78 Å². The predicted octanol–water partition coefficient (Wildman–Crippen LogP) is 1.79. The molecule has 2 N–H and O–H groups in total. The number of nitrogens with one attached hydrogen (secondary N) is 1. The number of rotatable bonds is 8. The molecule has 1 rings (SSSR count). The quantitative estimate of drug-likeness (QED) is 0.712. The third-order valence-electron chi connectivity index (χ3n) is 2.97. The van der Waals surface area contributed by atoms with Crippen LogP contribution in [0.2, 0.25) is 0 Å². The van der Waals surface area contributed by atoms with E-state index in [0.29, 0.717) is 18.1 Å². The molecule has 0 bridgehead atoms. The van der Waals surface area contributed by atoms with Crippen LogP contribution in [0.3, 0.4) is 0 Å². The van der Waals surface area contributed by atoms with Crippen molar-refractivity contribution in [1.29, 1.82) is 0 Å². The molecule has 0 unspecified atom stereocenters. The van der Waals surface area contributed by atoms with E-state index in [2.05, 4.69) is 10.3 Å². The number of pyridine rings is 1. The van der Waals surface area contributed by atoms with Gasteiger partial charge in [-0.15, -0.1) is 0 Å². The van der Waals surface area contributed by atoms with Gasteiger partial charge in [0.2, 0.25) is 5.88 Å². The third-order valence-corrected chi connectivity index (χ3v) is 2.97. The second-order valence-corrected chi connectivity index (χ2v) is 4.46. The number of urea groups is 1. The summed E-state index contributed by atoms with van der Waals surface area (Å²) >= 11 is 0. The highest BCUT2D eigenvalue weighted by Crippen LogP contribution is 2.23. The highest BCUT2D eigenvalue weighted by Gasteiger charge is 2.14. The summed E-state index contributed by atoms with van der Waals surface area (Å²) < 4.78 is 5.13. The minimum absolute atomic E-state index is 0.182. The van der Waals surface area contributed by atoms with Gasteiger partial charge in [-0.1, -0.05) is 12.8 Å². The summed E-state index contributed by atoms with van der Waals surface area (Å²) in [6.45, 7) is 0.854. The van der Waals surface area contributed by atoms with Crippen LogP contribution in [-0.4, -0.2) is 43.4 Å². The summed E-state index contributed by atoms with van der Waals surface area (Å²) in [5.41, 5.74) is 0.632. The lowest BCUT2D eigenvalue weighted by Gasteiger charge is -2.19. The van der Waals surface area contributed by atoms with Crippen molar-refractivity contribution in [2.75, 3.05) is 32.2 Å². The molecule has 0 aromatic carbocycles. The largest absolute Gasteiger partial charge is 0.480 e. The van der Waals surface area contributed by atoms with E-state index >= 15 is 0 Å². The number of carbonyl (C=O) groups excluding carboxylic acids is 1. The van der Waals surface area contributed by atoms with Crippen molar-refractivity contribution in [3.05, 3.63) is 18.3 Å². The first-order valence-corrected chi connectivity index (χ1v) is 6.82. The van der Waals surface area contributed by atoms with Gasteiger partial charge in [0.1, 0.15) is 5.69 Å². The zero-order valence-corrected chi connectivity index (χ0v) is 12.1. The smallest absolute Gasteiger partial charge is 0.321 e. The molecule has 6 heteroatoms. The molecule has 0 aliphatic rings. The third kappa shape index (κ3) is 5.05. The molecule has 0 fully saturated rings. The van der Waals surface area contributed by atoms with E-state index < -0.39 is 0 Å². The number of amides is 2. The Morgan fingerprint density at radius 1 is 1.40 bits per heavy atom. The highest BCUT2D eigenvalue weighted by molar-refractivity contribution is 5.92. The van der Waals surface area contributed by atoms with E-state index in [1.54, 1.807) is 25.4 Å². The van der Waals surface area contributed by atoms with E-state index in [1.165, 1.54) is 12.0 Å². The zero-order valence-electron chi connectivity index (χ0n) is 12.1. The Hall–Kier alpha value is -1.82. The minimum atomic E-state index is -0.182. The first-order chi connectivity index (χ1) is 9.70. The molecule has 0 aliphatic heterocycles. The van der Waals surface area contributed by atoms with Crippen LogP contribution in [-0.2, 0) is 0 Å². The average molecular weight is 281 g/mol. The lowest BCUT2D eigenvalue weighted by Crippen LogP contribution is -2.38. The van der Waals surface area contributed by atoms with Crippen molar-refractivity contribution in [1.82, 2.24) is 10.3 Å². The minimum Gasteiger partial charge on any atom is -0.480 e. The second kappa shape index (κ2) is 9.14. The summed E-state index contributed by atoms with van der Waals surface area (Å²) in [5.74, 6) is 0.424. The zero-order chi connectivity index (χ0) is 14.8. The van der Waals surface area contributed by atoms with Crippen molar-refractivity contribution in [3.63, 3.8) is 0 Å². The van der Waals surface area contributed by atoms with Crippen LogP contribution in [0.5, 0.6) is 5.88 Å². The lowest BCUT2D eigenvalue weighted by atomic mass is 10.2. The predicted molar refractivity (Wildman–Crippen MR) is 78.1 cm³/mol. The molecule has 0 spiro atoms. The van der Waals surface area contributed by atoms with Crippen LogP contribution < -0.4 is 15.0 Å². The molecule has 0 aliphatic carbocycles. The van der Waals surface area contributed by atoms with E-state index in [0.717, 1.165) is 25.7 Å². The molecule has 0 atom stereocenters. The monoisotopic (exact) mass is 281 g/mol. The van der Waals surface area contributed by atoms with E-state index in [1.807, 2.05) is 0 Å². The molecule has 112 valence electrons. The second-order valence-electron chi connectivity index (χ2n) is 4.46. The first-order valence-electron chi connectivity index (χ1n) is 6.82. The van der Waals surface area contributed by atoms with Crippen molar-refractivity contribution in [3.8, 4) is 5.88 Å². The van der Waals surface area contributed by atoms with Crippen molar-refractivity contribution < 1.29 is 14.6 Å². The fourth-order valence-electron chi connectivity index (χ4n) is 1.81. The molecule has 1 aromatic heterocycles.